The molecule has 1 aliphatic rings. The molecular weight excluding hydrogens is 256 g/mol. The first kappa shape index (κ1) is 8.79. The van der Waals surface area contributed by atoms with Crippen LogP contribution in [0.4, 0.5) is 0 Å². The monoisotopic (exact) mass is 266 g/mol. The summed E-state index contributed by atoms with van der Waals surface area (Å²) < 4.78 is 1.11. The predicted octanol–water partition coefficient (Wildman–Crippen LogP) is 4.05. The van der Waals surface area contributed by atoms with E-state index in [2.05, 4.69) is 44.9 Å². The number of hydrogen-bond donors (Lipinski definition) is 0. The fourth-order valence-corrected chi connectivity index (χ4v) is 2.33. The molecule has 0 aromatic rings. The van der Waals surface area contributed by atoms with Gasteiger partial charge in [0, 0.05) is 0 Å². The second-order valence-electron chi connectivity index (χ2n) is 3.13. The van der Waals surface area contributed by atoms with Crippen LogP contribution in [-0.2, 0) is 0 Å². The Morgan fingerprint density at radius 2 is 2.10 bits per heavy atom. The number of allylic oxidation sites excluding steroid dienone is 1. The third-order valence-corrected chi connectivity index (χ3v) is 2.63. The van der Waals surface area contributed by atoms with Gasteiger partial charge in [-0.2, -0.15) is 0 Å². The summed E-state index contributed by atoms with van der Waals surface area (Å²) in [7, 11) is 0. The van der Waals surface area contributed by atoms with E-state index in [9.17, 15) is 0 Å². The summed E-state index contributed by atoms with van der Waals surface area (Å²) in [6.07, 6.45) is 6.39. The lowest BCUT2D eigenvalue weighted by Gasteiger charge is -2.00. The second kappa shape index (κ2) is 3.91. The molecule has 0 spiro atoms. The van der Waals surface area contributed by atoms with Crippen LogP contribution in [0, 0.1) is 11.8 Å². The standard InChI is InChI=1S/C8H12Br2/c1-6-2-3-7(4-6)5-8(9)10/h5-7H,2-4H2,1H3/t6-,7?/m0/s1. The molecule has 0 radical (unpaired) electrons. The molecule has 1 aliphatic carbocycles. The Hall–Kier alpha value is 0.700. The SMILES string of the molecule is C[C@H]1CCC(C=C(Br)Br)C1. The van der Waals surface area contributed by atoms with E-state index < -0.39 is 0 Å². The summed E-state index contributed by atoms with van der Waals surface area (Å²) in [6, 6.07) is 0. The number of halogens is 2. The van der Waals surface area contributed by atoms with Crippen molar-refractivity contribution < 1.29 is 0 Å². The molecule has 1 rings (SSSR count). The van der Waals surface area contributed by atoms with E-state index in [-0.39, 0.29) is 0 Å². The molecule has 0 saturated heterocycles. The van der Waals surface area contributed by atoms with Gasteiger partial charge >= 0.3 is 0 Å². The molecule has 58 valence electrons. The highest BCUT2D eigenvalue weighted by molar-refractivity contribution is 9.28. The molecular formula is C8H12Br2. The van der Waals surface area contributed by atoms with Gasteiger partial charge in [-0.3, -0.25) is 0 Å². The quantitative estimate of drug-likeness (QED) is 0.672. The zero-order chi connectivity index (χ0) is 7.56. The average Bonchev–Trinajstić information content (AvgIpc) is 2.13. The second-order valence-corrected chi connectivity index (χ2v) is 5.91. The normalized spacial score (nSPS) is 32.3. The summed E-state index contributed by atoms with van der Waals surface area (Å²) in [5.74, 6) is 1.74. The molecule has 2 atom stereocenters. The van der Waals surface area contributed by atoms with Crippen molar-refractivity contribution in [2.24, 2.45) is 11.8 Å². The Bertz CT molecular complexity index is 136. The lowest BCUT2D eigenvalue weighted by molar-refractivity contribution is 0.586. The summed E-state index contributed by atoms with van der Waals surface area (Å²) in [5.41, 5.74) is 0. The molecule has 0 heterocycles. The third kappa shape index (κ3) is 2.75. The first-order chi connectivity index (χ1) is 4.68. The van der Waals surface area contributed by atoms with Crippen molar-refractivity contribution in [2.75, 3.05) is 0 Å². The van der Waals surface area contributed by atoms with Crippen molar-refractivity contribution in [3.8, 4) is 0 Å². The highest BCUT2D eigenvalue weighted by Crippen LogP contribution is 2.33. The van der Waals surface area contributed by atoms with Crippen LogP contribution >= 0.6 is 31.9 Å². The van der Waals surface area contributed by atoms with Gasteiger partial charge in [0.05, 0.1) is 3.39 Å². The number of rotatable bonds is 1. The molecule has 0 aromatic carbocycles. The fourth-order valence-electron chi connectivity index (χ4n) is 1.58. The van der Waals surface area contributed by atoms with Gasteiger partial charge in [-0.1, -0.05) is 19.4 Å². The zero-order valence-electron chi connectivity index (χ0n) is 6.11. The van der Waals surface area contributed by atoms with Gasteiger partial charge in [-0.05, 0) is 56.5 Å². The van der Waals surface area contributed by atoms with Crippen LogP contribution in [0.3, 0.4) is 0 Å². The summed E-state index contributed by atoms with van der Waals surface area (Å²) in [5, 5.41) is 0. The Morgan fingerprint density at radius 3 is 2.50 bits per heavy atom. The van der Waals surface area contributed by atoms with Gasteiger partial charge in [0.25, 0.3) is 0 Å². The summed E-state index contributed by atoms with van der Waals surface area (Å²) >= 11 is 6.76. The van der Waals surface area contributed by atoms with Crippen LogP contribution in [0.25, 0.3) is 0 Å². The minimum atomic E-state index is 0.809. The average molecular weight is 268 g/mol. The molecule has 1 fully saturated rings. The van der Waals surface area contributed by atoms with E-state index in [0.717, 1.165) is 15.2 Å². The summed E-state index contributed by atoms with van der Waals surface area (Å²) in [4.78, 5) is 0. The predicted molar refractivity (Wildman–Crippen MR) is 52.4 cm³/mol. The Balaban J connectivity index is 2.38. The van der Waals surface area contributed by atoms with Crippen molar-refractivity contribution in [3.63, 3.8) is 0 Å². The van der Waals surface area contributed by atoms with Crippen molar-refractivity contribution in [3.05, 3.63) is 9.47 Å². The van der Waals surface area contributed by atoms with Crippen molar-refractivity contribution >= 4 is 31.9 Å². The first-order valence-electron chi connectivity index (χ1n) is 3.71. The van der Waals surface area contributed by atoms with E-state index in [1.54, 1.807) is 0 Å². The molecule has 10 heavy (non-hydrogen) atoms. The van der Waals surface area contributed by atoms with Crippen molar-refractivity contribution in [2.45, 2.75) is 26.2 Å². The van der Waals surface area contributed by atoms with E-state index in [0.29, 0.717) is 0 Å². The van der Waals surface area contributed by atoms with Gasteiger partial charge in [-0.15, -0.1) is 0 Å². The minimum absolute atomic E-state index is 0.809. The Labute approximate surface area is 79.3 Å². The van der Waals surface area contributed by atoms with Crippen LogP contribution in [0.1, 0.15) is 26.2 Å². The maximum Gasteiger partial charge on any atom is 0.0567 e. The lowest BCUT2D eigenvalue weighted by Crippen LogP contribution is -1.88. The topological polar surface area (TPSA) is 0 Å². The van der Waals surface area contributed by atoms with Gasteiger partial charge in [-0.25, -0.2) is 0 Å². The van der Waals surface area contributed by atoms with Crippen LogP contribution in [0.2, 0.25) is 0 Å². The maximum absolute atomic E-state index is 3.38. The molecule has 1 saturated carbocycles. The smallest absolute Gasteiger partial charge is 0.0567 e. The molecule has 0 nitrogen and oxygen atoms in total. The van der Waals surface area contributed by atoms with E-state index in [1.807, 2.05) is 0 Å². The maximum atomic E-state index is 3.38. The molecule has 2 heteroatoms. The molecule has 0 aliphatic heterocycles. The van der Waals surface area contributed by atoms with Crippen LogP contribution in [-0.4, -0.2) is 0 Å². The molecule has 1 unspecified atom stereocenters. The van der Waals surface area contributed by atoms with E-state index >= 15 is 0 Å². The van der Waals surface area contributed by atoms with Crippen LogP contribution < -0.4 is 0 Å². The Morgan fingerprint density at radius 1 is 1.40 bits per heavy atom. The van der Waals surface area contributed by atoms with Crippen LogP contribution in [0.5, 0.6) is 0 Å². The van der Waals surface area contributed by atoms with Crippen molar-refractivity contribution in [1.29, 1.82) is 0 Å². The zero-order valence-corrected chi connectivity index (χ0v) is 9.28. The van der Waals surface area contributed by atoms with E-state index in [4.69, 9.17) is 0 Å². The van der Waals surface area contributed by atoms with E-state index in [1.165, 1.54) is 19.3 Å². The van der Waals surface area contributed by atoms with Crippen molar-refractivity contribution in [1.82, 2.24) is 0 Å². The van der Waals surface area contributed by atoms with Crippen LogP contribution in [0.15, 0.2) is 9.47 Å². The van der Waals surface area contributed by atoms with Gasteiger partial charge in [0.1, 0.15) is 0 Å². The molecule has 0 bridgehead atoms. The minimum Gasteiger partial charge on any atom is -0.0625 e. The van der Waals surface area contributed by atoms with Gasteiger partial charge in [0.2, 0.25) is 0 Å². The highest BCUT2D eigenvalue weighted by atomic mass is 79.9. The summed E-state index contributed by atoms with van der Waals surface area (Å²) in [6.45, 7) is 2.33. The lowest BCUT2D eigenvalue weighted by atomic mass is 10.1. The Kier molecular flexibility index (Phi) is 3.44. The third-order valence-electron chi connectivity index (χ3n) is 2.10. The highest BCUT2D eigenvalue weighted by Gasteiger charge is 2.18. The number of hydrogen-bond acceptors (Lipinski definition) is 0. The van der Waals surface area contributed by atoms with Gasteiger partial charge < -0.3 is 0 Å². The first-order valence-corrected chi connectivity index (χ1v) is 5.30. The molecule has 0 amide bonds. The largest absolute Gasteiger partial charge is 0.0625 e. The fraction of sp³-hybridized carbons (Fsp3) is 0.750. The van der Waals surface area contributed by atoms with Gasteiger partial charge in [0.15, 0.2) is 0 Å². The molecule has 0 N–H and O–H groups in total. The molecule has 0 aromatic heterocycles.